The molecule has 0 radical (unpaired) electrons. The zero-order chi connectivity index (χ0) is 31.4. The summed E-state index contributed by atoms with van der Waals surface area (Å²) in [5, 5.41) is 4.33. The number of amides is 1. The van der Waals surface area contributed by atoms with Crippen LogP contribution in [-0.2, 0) is 16.1 Å². The molecule has 14 heteroatoms. The first-order chi connectivity index (χ1) is 21.2. The highest BCUT2D eigenvalue weighted by molar-refractivity contribution is 6.41. The van der Waals surface area contributed by atoms with Crippen molar-refractivity contribution in [2.24, 2.45) is 0 Å². The highest BCUT2D eigenvalue weighted by Gasteiger charge is 2.32. The molecule has 2 fully saturated rings. The molecule has 1 aromatic carbocycles. The lowest BCUT2D eigenvalue weighted by Crippen LogP contribution is -2.60. The molecule has 0 atom stereocenters. The average molecular weight is 647 g/mol. The maximum atomic E-state index is 14.2. The van der Waals surface area contributed by atoms with Gasteiger partial charge in [0.1, 0.15) is 17.1 Å². The van der Waals surface area contributed by atoms with E-state index in [4.69, 9.17) is 42.4 Å². The van der Waals surface area contributed by atoms with E-state index in [1.54, 1.807) is 27.8 Å². The predicted molar refractivity (Wildman–Crippen MR) is 171 cm³/mol. The van der Waals surface area contributed by atoms with Crippen molar-refractivity contribution in [2.75, 3.05) is 85.6 Å². The van der Waals surface area contributed by atoms with Gasteiger partial charge in [-0.05, 0) is 19.2 Å². The number of hydrogen-bond acceptors (Lipinski definition) is 10. The van der Waals surface area contributed by atoms with Crippen molar-refractivity contribution in [1.29, 1.82) is 0 Å². The van der Waals surface area contributed by atoms with Crippen LogP contribution >= 0.6 is 23.2 Å². The van der Waals surface area contributed by atoms with E-state index in [1.807, 2.05) is 7.05 Å². The number of benzene rings is 1. The number of pyridine rings is 1. The summed E-state index contributed by atoms with van der Waals surface area (Å²) in [7, 11) is 4.95. The number of ether oxygens (including phenoxy) is 3. The summed E-state index contributed by atoms with van der Waals surface area (Å²) in [5.74, 6) is 0.996. The van der Waals surface area contributed by atoms with Crippen LogP contribution in [0.3, 0.4) is 0 Å². The summed E-state index contributed by atoms with van der Waals surface area (Å²) >= 11 is 13.5. The number of morpholine rings is 1. The Morgan fingerprint density at radius 3 is 2.48 bits per heavy atom. The SMILES string of the molecule is C=CC(=O)N1CC(N(C)CCn2c(=O)c(-c3c(Cl)c(OC)cc(OC)c3Cl)cc3cnc(NCCN4CCOCC4)nc32)C1. The second-order valence-electron chi connectivity index (χ2n) is 10.7. The van der Waals surface area contributed by atoms with Crippen LogP contribution in [0.25, 0.3) is 22.2 Å². The van der Waals surface area contributed by atoms with Crippen LogP contribution in [0.4, 0.5) is 5.95 Å². The molecule has 1 N–H and O–H groups in total. The largest absolute Gasteiger partial charge is 0.495 e. The molecule has 5 rings (SSSR count). The minimum Gasteiger partial charge on any atom is -0.495 e. The normalized spacial score (nSPS) is 15.8. The number of carbonyl (C=O) groups is 1. The fourth-order valence-electron chi connectivity index (χ4n) is 5.39. The molecule has 0 unspecified atom stereocenters. The number of rotatable bonds is 12. The van der Waals surface area contributed by atoms with Gasteiger partial charge in [-0.2, -0.15) is 4.98 Å². The number of anilines is 1. The van der Waals surface area contributed by atoms with Crippen LogP contribution in [0.15, 0.2) is 35.8 Å². The molecule has 2 saturated heterocycles. The van der Waals surface area contributed by atoms with Crippen LogP contribution in [0.1, 0.15) is 0 Å². The lowest BCUT2D eigenvalue weighted by molar-refractivity contribution is -0.132. The van der Waals surface area contributed by atoms with Crippen molar-refractivity contribution in [3.8, 4) is 22.6 Å². The smallest absolute Gasteiger partial charge is 0.260 e. The Hall–Kier alpha value is -3.42. The van der Waals surface area contributed by atoms with Crippen molar-refractivity contribution >= 4 is 46.1 Å². The minimum atomic E-state index is -0.319. The van der Waals surface area contributed by atoms with Crippen LogP contribution in [0.5, 0.6) is 11.5 Å². The van der Waals surface area contributed by atoms with Gasteiger partial charge in [0.05, 0.1) is 43.0 Å². The first-order valence-electron chi connectivity index (χ1n) is 14.4. The number of carbonyl (C=O) groups excluding carboxylic acids is 1. The Morgan fingerprint density at radius 2 is 1.84 bits per heavy atom. The van der Waals surface area contributed by atoms with Gasteiger partial charge in [-0.25, -0.2) is 4.98 Å². The van der Waals surface area contributed by atoms with Crippen molar-refractivity contribution in [1.82, 2.24) is 29.2 Å². The monoisotopic (exact) mass is 645 g/mol. The van der Waals surface area contributed by atoms with E-state index in [1.165, 1.54) is 20.3 Å². The molecule has 0 aliphatic carbocycles. The van der Waals surface area contributed by atoms with E-state index in [9.17, 15) is 9.59 Å². The molecule has 2 aliphatic rings. The number of aromatic nitrogens is 3. The number of nitrogens with zero attached hydrogens (tertiary/aromatic N) is 6. The van der Waals surface area contributed by atoms with Gasteiger partial charge in [0.15, 0.2) is 0 Å². The molecule has 44 heavy (non-hydrogen) atoms. The Balaban J connectivity index is 1.49. The molecule has 2 aromatic heterocycles. The third-order valence-electron chi connectivity index (χ3n) is 8.13. The maximum absolute atomic E-state index is 14.2. The van der Waals surface area contributed by atoms with Crippen molar-refractivity contribution in [3.05, 3.63) is 51.4 Å². The molecule has 12 nitrogen and oxygen atoms in total. The second-order valence-corrected chi connectivity index (χ2v) is 11.5. The molecular weight excluding hydrogens is 609 g/mol. The third-order valence-corrected chi connectivity index (χ3v) is 8.88. The number of hydrogen-bond donors (Lipinski definition) is 1. The summed E-state index contributed by atoms with van der Waals surface area (Å²) in [6.45, 7) is 10.3. The van der Waals surface area contributed by atoms with Crippen LogP contribution in [-0.4, -0.2) is 121 Å². The summed E-state index contributed by atoms with van der Waals surface area (Å²) in [6.07, 6.45) is 3.01. The molecule has 0 saturated carbocycles. The van der Waals surface area contributed by atoms with Crippen LogP contribution in [0, 0.1) is 0 Å². The average Bonchev–Trinajstić information content (AvgIpc) is 3.01. The van der Waals surface area contributed by atoms with E-state index < -0.39 is 0 Å². The molecular formula is C30H37Cl2N7O5. The molecule has 236 valence electrons. The molecule has 0 bridgehead atoms. The van der Waals surface area contributed by atoms with Gasteiger partial charge < -0.3 is 24.4 Å². The molecule has 4 heterocycles. The van der Waals surface area contributed by atoms with Gasteiger partial charge in [0.2, 0.25) is 11.9 Å². The predicted octanol–water partition coefficient (Wildman–Crippen LogP) is 2.86. The molecule has 2 aliphatic heterocycles. The van der Waals surface area contributed by atoms with Crippen LogP contribution < -0.4 is 20.3 Å². The van der Waals surface area contributed by atoms with Gasteiger partial charge in [-0.3, -0.25) is 24.0 Å². The number of likely N-dealkylation sites (N-methyl/N-ethyl adjacent to an activating group) is 1. The van der Waals surface area contributed by atoms with E-state index in [0.717, 1.165) is 32.8 Å². The zero-order valence-corrected chi connectivity index (χ0v) is 26.7. The van der Waals surface area contributed by atoms with E-state index in [2.05, 4.69) is 26.7 Å². The van der Waals surface area contributed by atoms with Gasteiger partial charge in [-0.1, -0.05) is 29.8 Å². The standard InChI is InChI=1S/C30H37Cl2N7O5/c1-5-24(40)38-17-20(18-38)36(2)8-9-39-28-19(16-34-30(35-28)33-6-7-37-10-12-44-13-11-37)14-21(29(39)41)25-26(31)22(42-3)15-23(43-4)27(25)32/h5,14-16,20H,1,6-13,17-18H2,2-4H3,(H,33,34,35). The van der Waals surface area contributed by atoms with Crippen molar-refractivity contribution < 1.29 is 19.0 Å². The molecule has 0 spiro atoms. The number of methoxy groups -OCH3 is 2. The summed E-state index contributed by atoms with van der Waals surface area (Å²) in [6, 6.07) is 3.45. The summed E-state index contributed by atoms with van der Waals surface area (Å²) < 4.78 is 18.0. The number of likely N-dealkylation sites (tertiary alicyclic amines) is 1. The summed E-state index contributed by atoms with van der Waals surface area (Å²) in [5.41, 5.74) is 0.745. The quantitative estimate of drug-likeness (QED) is 0.295. The van der Waals surface area contributed by atoms with Gasteiger partial charge >= 0.3 is 0 Å². The highest BCUT2D eigenvalue weighted by atomic mass is 35.5. The van der Waals surface area contributed by atoms with Crippen molar-refractivity contribution in [3.63, 3.8) is 0 Å². The van der Waals surface area contributed by atoms with Crippen LogP contribution in [0.2, 0.25) is 10.0 Å². The third kappa shape index (κ3) is 6.64. The first-order valence-corrected chi connectivity index (χ1v) is 15.2. The Bertz CT molecular complexity index is 1560. The van der Waals surface area contributed by atoms with E-state index in [-0.39, 0.29) is 33.1 Å². The van der Waals surface area contributed by atoms with Crippen molar-refractivity contribution in [2.45, 2.75) is 12.6 Å². The Morgan fingerprint density at radius 1 is 1.16 bits per heavy atom. The Kier molecular flexibility index (Phi) is 10.3. The number of halogens is 2. The zero-order valence-electron chi connectivity index (χ0n) is 25.1. The second kappa shape index (κ2) is 14.1. The number of nitrogens with one attached hydrogen (secondary N) is 1. The lowest BCUT2D eigenvalue weighted by Gasteiger charge is -2.43. The topological polar surface area (TPSA) is 114 Å². The van der Waals surface area contributed by atoms with Gasteiger partial charge in [-0.15, -0.1) is 0 Å². The lowest BCUT2D eigenvalue weighted by atomic mass is 10.0. The minimum absolute atomic E-state index is 0.0858. The first kappa shape index (κ1) is 32.0. The molecule has 3 aromatic rings. The molecule has 1 amide bonds. The fraction of sp³-hybridized carbons (Fsp3) is 0.467. The van der Waals surface area contributed by atoms with Gasteiger partial charge in [0, 0.05) is 81.6 Å². The highest BCUT2D eigenvalue weighted by Crippen LogP contribution is 2.45. The number of fused-ring (bicyclic) bond motifs is 1. The van der Waals surface area contributed by atoms with E-state index >= 15 is 0 Å². The van der Waals surface area contributed by atoms with Gasteiger partial charge in [0.25, 0.3) is 5.56 Å². The summed E-state index contributed by atoms with van der Waals surface area (Å²) in [4.78, 5) is 41.7. The fourth-order valence-corrected chi connectivity index (χ4v) is 6.09. The Labute approximate surface area is 266 Å². The van der Waals surface area contributed by atoms with E-state index in [0.29, 0.717) is 66.8 Å². The maximum Gasteiger partial charge on any atom is 0.260 e.